The summed E-state index contributed by atoms with van der Waals surface area (Å²) in [4.78, 5) is 12.6. The average molecular weight is 403 g/mol. The molecule has 1 heterocycles. The first-order valence-corrected chi connectivity index (χ1v) is 8.53. The number of aliphatic hydroxyl groups is 1. The quantitative estimate of drug-likeness (QED) is 0.652. The summed E-state index contributed by atoms with van der Waals surface area (Å²) in [6.45, 7) is 0.0147. The van der Waals surface area contributed by atoms with E-state index in [-0.39, 0.29) is 18.5 Å². The van der Waals surface area contributed by atoms with Crippen molar-refractivity contribution in [1.82, 2.24) is 15.0 Å². The number of hydrogen-bond donors (Lipinski definition) is 2. The molecule has 3 rings (SSSR count). The Morgan fingerprint density at radius 2 is 1.96 bits per heavy atom. The fraction of sp³-hybridized carbons (Fsp3) is 0.167. The van der Waals surface area contributed by atoms with Gasteiger partial charge in [-0.3, -0.25) is 0 Å². The van der Waals surface area contributed by atoms with Crippen LogP contribution in [-0.2, 0) is 0 Å². The summed E-state index contributed by atoms with van der Waals surface area (Å²) in [6.07, 6.45) is 1.87. The molecule has 2 aromatic carbocycles. The van der Waals surface area contributed by atoms with Gasteiger partial charge in [0.15, 0.2) is 5.82 Å². The van der Waals surface area contributed by atoms with Crippen LogP contribution in [0.15, 0.2) is 59.3 Å². The molecule has 0 aliphatic carbocycles. The van der Waals surface area contributed by atoms with Crippen molar-refractivity contribution in [2.75, 3.05) is 11.9 Å². The maximum Gasteiger partial charge on any atom is 0.226 e. The Hall–Kier alpha value is -2.38. The van der Waals surface area contributed by atoms with E-state index >= 15 is 0 Å². The molecule has 1 atom stereocenters. The van der Waals surface area contributed by atoms with Crippen molar-refractivity contribution in [2.45, 2.75) is 12.5 Å². The molecule has 0 spiro atoms. The summed E-state index contributed by atoms with van der Waals surface area (Å²) in [5.41, 5.74) is 1.56. The Balaban J connectivity index is 1.88. The molecule has 0 amide bonds. The van der Waals surface area contributed by atoms with Gasteiger partial charge >= 0.3 is 0 Å². The van der Waals surface area contributed by atoms with Crippen LogP contribution in [0.4, 0.5) is 10.3 Å². The number of rotatable bonds is 6. The van der Waals surface area contributed by atoms with E-state index in [0.717, 1.165) is 10.0 Å². The fourth-order valence-corrected chi connectivity index (χ4v) is 3.04. The minimum Gasteiger partial charge on any atom is -0.396 e. The molecule has 0 fully saturated rings. The smallest absolute Gasteiger partial charge is 0.226 e. The third kappa shape index (κ3) is 4.37. The SMILES string of the molecule is OCCC(Nc1ncnc(-c2cccc(F)c2)n1)c1ccccc1Br. The van der Waals surface area contributed by atoms with Crippen LogP contribution in [0.3, 0.4) is 0 Å². The van der Waals surface area contributed by atoms with Gasteiger partial charge in [-0.05, 0) is 30.2 Å². The van der Waals surface area contributed by atoms with Crippen LogP contribution in [-0.4, -0.2) is 26.7 Å². The van der Waals surface area contributed by atoms with Gasteiger partial charge in [0.1, 0.15) is 12.1 Å². The van der Waals surface area contributed by atoms with Crippen molar-refractivity contribution in [3.8, 4) is 11.4 Å². The summed E-state index contributed by atoms with van der Waals surface area (Å²) < 4.78 is 14.3. The summed E-state index contributed by atoms with van der Waals surface area (Å²) >= 11 is 3.52. The lowest BCUT2D eigenvalue weighted by Crippen LogP contribution is -2.15. The number of aromatic nitrogens is 3. The van der Waals surface area contributed by atoms with E-state index in [1.54, 1.807) is 12.1 Å². The molecule has 0 aliphatic heterocycles. The molecule has 1 unspecified atom stereocenters. The molecule has 25 heavy (non-hydrogen) atoms. The van der Waals surface area contributed by atoms with Crippen LogP contribution >= 0.6 is 15.9 Å². The first-order chi connectivity index (χ1) is 12.2. The Morgan fingerprint density at radius 3 is 2.72 bits per heavy atom. The van der Waals surface area contributed by atoms with Crippen molar-refractivity contribution >= 4 is 21.9 Å². The Morgan fingerprint density at radius 1 is 1.12 bits per heavy atom. The molecular formula is C18H16BrFN4O. The van der Waals surface area contributed by atoms with Crippen molar-refractivity contribution in [1.29, 1.82) is 0 Å². The van der Waals surface area contributed by atoms with Crippen LogP contribution in [0.1, 0.15) is 18.0 Å². The molecule has 0 saturated heterocycles. The summed E-state index contributed by atoms with van der Waals surface area (Å²) in [5, 5.41) is 12.6. The fourth-order valence-electron chi connectivity index (χ4n) is 2.48. The third-order valence-electron chi connectivity index (χ3n) is 3.66. The second kappa shape index (κ2) is 8.13. The lowest BCUT2D eigenvalue weighted by Gasteiger charge is -2.19. The predicted molar refractivity (Wildman–Crippen MR) is 97.4 cm³/mol. The summed E-state index contributed by atoms with van der Waals surface area (Å²) in [6, 6.07) is 13.7. The van der Waals surface area contributed by atoms with Crippen molar-refractivity contribution in [3.63, 3.8) is 0 Å². The van der Waals surface area contributed by atoms with Gasteiger partial charge in [-0.2, -0.15) is 4.98 Å². The van der Waals surface area contributed by atoms with Gasteiger partial charge in [-0.15, -0.1) is 0 Å². The Bertz CT molecular complexity index is 862. The van der Waals surface area contributed by atoms with Crippen LogP contribution in [0.2, 0.25) is 0 Å². The minimum absolute atomic E-state index is 0.0147. The second-order valence-electron chi connectivity index (χ2n) is 5.37. The standard InChI is InChI=1S/C18H16BrFN4O/c19-15-7-2-1-6-14(15)16(8-9-25)23-18-22-11-21-17(24-18)12-4-3-5-13(20)10-12/h1-7,10-11,16,25H,8-9H2,(H,21,22,23,24). The van der Waals surface area contributed by atoms with E-state index in [4.69, 9.17) is 0 Å². The number of benzene rings is 2. The van der Waals surface area contributed by atoms with Gasteiger partial charge in [0.05, 0.1) is 6.04 Å². The zero-order valence-electron chi connectivity index (χ0n) is 13.2. The molecule has 3 aromatic rings. The number of nitrogens with one attached hydrogen (secondary N) is 1. The van der Waals surface area contributed by atoms with E-state index < -0.39 is 0 Å². The average Bonchev–Trinajstić information content (AvgIpc) is 2.62. The van der Waals surface area contributed by atoms with Gasteiger partial charge in [0, 0.05) is 16.6 Å². The molecule has 2 N–H and O–H groups in total. The molecule has 7 heteroatoms. The topological polar surface area (TPSA) is 70.9 Å². The minimum atomic E-state index is -0.348. The maximum absolute atomic E-state index is 13.4. The van der Waals surface area contributed by atoms with Gasteiger partial charge in [-0.1, -0.05) is 46.3 Å². The highest BCUT2D eigenvalue weighted by atomic mass is 79.9. The molecule has 1 aromatic heterocycles. The third-order valence-corrected chi connectivity index (χ3v) is 4.38. The van der Waals surface area contributed by atoms with Crippen LogP contribution < -0.4 is 5.32 Å². The van der Waals surface area contributed by atoms with Gasteiger partial charge in [0.25, 0.3) is 0 Å². The molecule has 128 valence electrons. The first kappa shape index (κ1) is 17.4. The summed E-state index contributed by atoms with van der Waals surface area (Å²) in [5.74, 6) is 0.397. The lowest BCUT2D eigenvalue weighted by atomic mass is 10.0. The van der Waals surface area contributed by atoms with Gasteiger partial charge < -0.3 is 10.4 Å². The predicted octanol–water partition coefficient (Wildman–Crippen LogP) is 3.98. The number of anilines is 1. The van der Waals surface area contributed by atoms with Gasteiger partial charge in [0.2, 0.25) is 5.95 Å². The molecule has 0 radical (unpaired) electrons. The molecule has 5 nitrogen and oxygen atoms in total. The van der Waals surface area contributed by atoms with E-state index in [1.807, 2.05) is 24.3 Å². The molecule has 0 bridgehead atoms. The largest absolute Gasteiger partial charge is 0.396 e. The molecular weight excluding hydrogens is 387 g/mol. The Kier molecular flexibility index (Phi) is 5.67. The van der Waals surface area contributed by atoms with E-state index in [0.29, 0.717) is 23.8 Å². The van der Waals surface area contributed by atoms with Gasteiger partial charge in [-0.25, -0.2) is 14.4 Å². The normalized spacial score (nSPS) is 12.0. The van der Waals surface area contributed by atoms with E-state index in [2.05, 4.69) is 36.2 Å². The lowest BCUT2D eigenvalue weighted by molar-refractivity contribution is 0.279. The number of nitrogens with zero attached hydrogens (tertiary/aromatic N) is 3. The van der Waals surface area contributed by atoms with Crippen LogP contribution in [0, 0.1) is 5.82 Å². The second-order valence-corrected chi connectivity index (χ2v) is 6.23. The monoisotopic (exact) mass is 402 g/mol. The number of aliphatic hydroxyl groups excluding tert-OH is 1. The molecule has 0 aliphatic rings. The van der Waals surface area contributed by atoms with Crippen LogP contribution in [0.25, 0.3) is 11.4 Å². The van der Waals surface area contributed by atoms with Crippen molar-refractivity contribution in [2.24, 2.45) is 0 Å². The van der Waals surface area contributed by atoms with Crippen molar-refractivity contribution < 1.29 is 9.50 Å². The molecule has 0 saturated carbocycles. The number of halogens is 2. The zero-order chi connectivity index (χ0) is 17.6. The highest BCUT2D eigenvalue weighted by molar-refractivity contribution is 9.10. The maximum atomic E-state index is 13.4. The van der Waals surface area contributed by atoms with E-state index in [1.165, 1.54) is 18.5 Å². The van der Waals surface area contributed by atoms with E-state index in [9.17, 15) is 9.50 Å². The zero-order valence-corrected chi connectivity index (χ0v) is 14.8. The number of hydrogen-bond acceptors (Lipinski definition) is 5. The Labute approximate surface area is 153 Å². The first-order valence-electron chi connectivity index (χ1n) is 7.74. The highest BCUT2D eigenvalue weighted by Crippen LogP contribution is 2.28. The summed E-state index contributed by atoms with van der Waals surface area (Å²) in [7, 11) is 0. The van der Waals surface area contributed by atoms with Crippen LogP contribution in [0.5, 0.6) is 0 Å². The highest BCUT2D eigenvalue weighted by Gasteiger charge is 2.15. The van der Waals surface area contributed by atoms with Crippen molar-refractivity contribution in [3.05, 3.63) is 70.7 Å².